The van der Waals surface area contributed by atoms with Crippen LogP contribution in [0.15, 0.2) is 60.8 Å². The van der Waals surface area contributed by atoms with Gasteiger partial charge in [-0.05, 0) is 83.5 Å². The van der Waals surface area contributed by atoms with E-state index in [9.17, 15) is 28.9 Å². The number of aliphatic hydroxyl groups excluding tert-OH is 1. The summed E-state index contributed by atoms with van der Waals surface area (Å²) in [6.45, 7) is 4.56. The molecule has 3 unspecified atom stereocenters. The van der Waals surface area contributed by atoms with Crippen molar-refractivity contribution in [3.05, 3.63) is 60.8 Å². The fraction of sp³-hybridized carbons (Fsp3) is 0.803. The molecule has 11 nitrogen and oxygen atoms in total. The summed E-state index contributed by atoms with van der Waals surface area (Å²) in [6, 6.07) is 0. The van der Waals surface area contributed by atoms with Gasteiger partial charge in [-0.25, -0.2) is 4.57 Å². The van der Waals surface area contributed by atoms with Crippen molar-refractivity contribution in [2.75, 3.05) is 26.4 Å². The summed E-state index contributed by atoms with van der Waals surface area (Å²) in [4.78, 5) is 48.7. The highest BCUT2D eigenvalue weighted by molar-refractivity contribution is 7.47. The Labute approximate surface area is 478 Å². The third-order valence-corrected chi connectivity index (χ3v) is 14.9. The number of hydrogen-bond donors (Lipinski definition) is 2. The molecule has 0 saturated heterocycles. The zero-order valence-corrected chi connectivity index (χ0v) is 51.3. The lowest BCUT2D eigenvalue weighted by atomic mass is 10.0. The zero-order chi connectivity index (χ0) is 56.9. The van der Waals surface area contributed by atoms with Crippen molar-refractivity contribution in [1.29, 1.82) is 0 Å². The van der Waals surface area contributed by atoms with Crippen molar-refractivity contribution < 1.29 is 52.2 Å². The first-order valence-electron chi connectivity index (χ1n) is 32.2. The lowest BCUT2D eigenvalue weighted by Gasteiger charge is -2.21. The van der Waals surface area contributed by atoms with Crippen LogP contribution in [0.1, 0.15) is 303 Å². The standard InChI is InChI=1S/C66H119O11P/c1-4-7-10-13-16-19-22-25-28-30-31-33-35-37-40-43-46-49-52-55-64(68)73-59-63(77-66(70)57-54-51-48-45-42-39-36-32-29-26-23-20-17-14-11-8-5-2)61-75-78(71,72)74-60-62(58-67)76-65(69)56-53-50-47-44-41-38-34-27-24-21-18-15-12-9-6-3/h7,10,16,19,25-26,28-29,31,33,62-63,67H,4-6,8-9,11-15,17-18,20-24,27,30,32,34-61H2,1-3H3,(H,71,72)/b10-7-,19-16-,28-25-,29-26-,33-31-. The monoisotopic (exact) mass is 1120 g/mol. The third kappa shape index (κ3) is 57.9. The van der Waals surface area contributed by atoms with E-state index in [1.54, 1.807) is 0 Å². The number of carbonyl (C=O) groups is 3. The summed E-state index contributed by atoms with van der Waals surface area (Å²) in [5.41, 5.74) is 0. The van der Waals surface area contributed by atoms with Crippen LogP contribution in [0.3, 0.4) is 0 Å². The molecule has 0 rings (SSSR count). The number of unbranched alkanes of at least 4 members (excludes halogenated alkanes) is 33. The van der Waals surface area contributed by atoms with E-state index < -0.39 is 57.8 Å². The molecule has 0 fully saturated rings. The molecule has 0 aromatic carbocycles. The van der Waals surface area contributed by atoms with Gasteiger partial charge in [0.25, 0.3) is 0 Å². The SMILES string of the molecule is CC/C=C\C/C=C\C/C=C\C/C=C\CCCCCCCCC(=O)OCC(COP(=O)(O)OCC(CO)OC(=O)CCCCCCCCCCCCCCCCC)OC(=O)CCCCCCCCC/C=C\CCCCCCCC. The van der Waals surface area contributed by atoms with Gasteiger partial charge in [-0.1, -0.05) is 261 Å². The summed E-state index contributed by atoms with van der Waals surface area (Å²) in [5.74, 6) is -1.47. The maximum atomic E-state index is 12.9. The molecule has 2 N–H and O–H groups in total. The predicted molar refractivity (Wildman–Crippen MR) is 325 cm³/mol. The normalized spacial score (nSPS) is 13.7. The molecule has 0 aliphatic heterocycles. The van der Waals surface area contributed by atoms with Gasteiger partial charge in [-0.2, -0.15) is 0 Å². The van der Waals surface area contributed by atoms with E-state index in [1.165, 1.54) is 128 Å². The Balaban J connectivity index is 4.71. The van der Waals surface area contributed by atoms with E-state index in [-0.39, 0.29) is 25.9 Å². The molecule has 12 heteroatoms. The molecule has 0 aliphatic rings. The number of rotatable bonds is 60. The Morgan fingerprint density at radius 2 is 0.667 bits per heavy atom. The van der Waals surface area contributed by atoms with Crippen LogP contribution < -0.4 is 0 Å². The topological polar surface area (TPSA) is 155 Å². The quantitative estimate of drug-likeness (QED) is 0.0197. The molecule has 454 valence electrons. The van der Waals surface area contributed by atoms with E-state index >= 15 is 0 Å². The molecule has 0 bridgehead atoms. The second-order valence-corrected chi connectivity index (χ2v) is 23.0. The highest BCUT2D eigenvalue weighted by Gasteiger charge is 2.28. The maximum Gasteiger partial charge on any atom is 0.472 e. The van der Waals surface area contributed by atoms with Crippen LogP contribution in [0.2, 0.25) is 0 Å². The smallest absolute Gasteiger partial charge is 0.462 e. The van der Waals surface area contributed by atoms with Gasteiger partial charge >= 0.3 is 25.7 Å². The van der Waals surface area contributed by atoms with Crippen LogP contribution in [0, 0.1) is 0 Å². The molecular formula is C66H119O11P. The van der Waals surface area contributed by atoms with Crippen molar-refractivity contribution in [3.63, 3.8) is 0 Å². The molecule has 0 aromatic heterocycles. The molecule has 0 saturated carbocycles. The fourth-order valence-electron chi connectivity index (χ4n) is 9.05. The summed E-state index contributed by atoms with van der Waals surface area (Å²) < 4.78 is 39.7. The van der Waals surface area contributed by atoms with Gasteiger partial charge in [0.15, 0.2) is 6.10 Å². The van der Waals surface area contributed by atoms with Gasteiger partial charge in [-0.3, -0.25) is 23.4 Å². The summed E-state index contributed by atoms with van der Waals surface area (Å²) >= 11 is 0. The maximum absolute atomic E-state index is 12.9. The molecule has 0 aliphatic carbocycles. The number of carbonyl (C=O) groups excluding carboxylic acids is 3. The highest BCUT2D eigenvalue weighted by Crippen LogP contribution is 2.43. The minimum Gasteiger partial charge on any atom is -0.462 e. The van der Waals surface area contributed by atoms with Crippen molar-refractivity contribution in [2.45, 2.75) is 315 Å². The third-order valence-electron chi connectivity index (χ3n) is 13.9. The molecule has 0 radical (unpaired) electrons. The average Bonchev–Trinajstić information content (AvgIpc) is 3.43. The van der Waals surface area contributed by atoms with Gasteiger partial charge in [0.2, 0.25) is 0 Å². The van der Waals surface area contributed by atoms with Crippen molar-refractivity contribution in [3.8, 4) is 0 Å². The molecular weight excluding hydrogens is 1000 g/mol. The minimum absolute atomic E-state index is 0.160. The van der Waals surface area contributed by atoms with E-state index in [2.05, 4.69) is 81.5 Å². The Bertz CT molecular complexity index is 1540. The van der Waals surface area contributed by atoms with Crippen LogP contribution in [0.4, 0.5) is 0 Å². The number of aliphatic hydroxyl groups is 1. The van der Waals surface area contributed by atoms with Crippen LogP contribution in [0.25, 0.3) is 0 Å². The van der Waals surface area contributed by atoms with Gasteiger partial charge in [0.1, 0.15) is 12.7 Å². The minimum atomic E-state index is -4.75. The first-order valence-corrected chi connectivity index (χ1v) is 33.7. The Morgan fingerprint density at radius 3 is 1.04 bits per heavy atom. The van der Waals surface area contributed by atoms with E-state index in [1.807, 2.05) is 0 Å². The number of ether oxygens (including phenoxy) is 3. The van der Waals surface area contributed by atoms with Crippen LogP contribution >= 0.6 is 7.82 Å². The zero-order valence-electron chi connectivity index (χ0n) is 50.4. The first-order chi connectivity index (χ1) is 38.2. The van der Waals surface area contributed by atoms with Crippen molar-refractivity contribution in [2.24, 2.45) is 0 Å². The van der Waals surface area contributed by atoms with Crippen molar-refractivity contribution >= 4 is 25.7 Å². The summed E-state index contributed by atoms with van der Waals surface area (Å²) in [7, 11) is -4.75. The number of esters is 3. The Kier molecular flexibility index (Phi) is 58.1. The number of phosphoric acid groups is 1. The second-order valence-electron chi connectivity index (χ2n) is 21.6. The largest absolute Gasteiger partial charge is 0.472 e. The van der Waals surface area contributed by atoms with E-state index in [0.29, 0.717) is 19.3 Å². The average molecular weight is 1120 g/mol. The number of allylic oxidation sites excluding steroid dienone is 10. The second kappa shape index (κ2) is 60.3. The highest BCUT2D eigenvalue weighted by atomic mass is 31.2. The van der Waals surface area contributed by atoms with Crippen LogP contribution in [-0.4, -0.2) is 66.5 Å². The number of phosphoric ester groups is 1. The van der Waals surface area contributed by atoms with Gasteiger partial charge in [0.05, 0.1) is 19.8 Å². The fourth-order valence-corrected chi connectivity index (χ4v) is 9.83. The van der Waals surface area contributed by atoms with E-state index in [0.717, 1.165) is 116 Å². The first kappa shape index (κ1) is 75.2. The van der Waals surface area contributed by atoms with Gasteiger partial charge in [0, 0.05) is 19.3 Å². The van der Waals surface area contributed by atoms with Crippen LogP contribution in [0.5, 0.6) is 0 Å². The van der Waals surface area contributed by atoms with Crippen LogP contribution in [-0.2, 0) is 42.2 Å². The summed E-state index contributed by atoms with van der Waals surface area (Å²) in [6.07, 6.45) is 67.4. The molecule has 78 heavy (non-hydrogen) atoms. The Morgan fingerprint density at radius 1 is 0.372 bits per heavy atom. The summed E-state index contributed by atoms with van der Waals surface area (Å²) in [5, 5.41) is 9.85. The molecule has 0 spiro atoms. The molecule has 0 heterocycles. The molecule has 0 amide bonds. The van der Waals surface area contributed by atoms with E-state index in [4.69, 9.17) is 23.3 Å². The Hall–Kier alpha value is -2.82. The van der Waals surface area contributed by atoms with Gasteiger partial charge in [-0.15, -0.1) is 0 Å². The van der Waals surface area contributed by atoms with Gasteiger partial charge < -0.3 is 24.2 Å². The number of hydrogen-bond acceptors (Lipinski definition) is 10. The molecule has 0 aromatic rings. The lowest BCUT2D eigenvalue weighted by Crippen LogP contribution is -2.30. The lowest BCUT2D eigenvalue weighted by molar-refractivity contribution is -0.161. The molecule has 3 atom stereocenters. The predicted octanol–water partition coefficient (Wildman–Crippen LogP) is 19.5. The van der Waals surface area contributed by atoms with Crippen molar-refractivity contribution in [1.82, 2.24) is 0 Å².